The van der Waals surface area contributed by atoms with Crippen LogP contribution in [0.1, 0.15) is 5.56 Å². The summed E-state index contributed by atoms with van der Waals surface area (Å²) in [5, 5.41) is 0.617. The first kappa shape index (κ1) is 12.9. The highest BCUT2D eigenvalue weighted by molar-refractivity contribution is 6.31. The predicted molar refractivity (Wildman–Crippen MR) is 66.4 cm³/mol. The van der Waals surface area contributed by atoms with E-state index in [0.717, 1.165) is 5.56 Å². The second-order valence-corrected chi connectivity index (χ2v) is 3.85. The van der Waals surface area contributed by atoms with Gasteiger partial charge in [0.05, 0.1) is 6.54 Å². The number of terminal acetylenes is 1. The molecule has 1 rings (SSSR count). The number of amides is 1. The van der Waals surface area contributed by atoms with Crippen LogP contribution in [0.3, 0.4) is 0 Å². The topological polar surface area (TPSA) is 20.3 Å². The fourth-order valence-electron chi connectivity index (χ4n) is 1.26. The van der Waals surface area contributed by atoms with E-state index < -0.39 is 0 Å². The average Bonchev–Trinajstić information content (AvgIpc) is 2.30. The number of carbonyl (C=O) groups excluding carboxylic acids is 1. The van der Waals surface area contributed by atoms with Crippen molar-refractivity contribution in [1.29, 1.82) is 0 Å². The van der Waals surface area contributed by atoms with E-state index in [1.807, 2.05) is 18.2 Å². The Labute approximate surface area is 105 Å². The van der Waals surface area contributed by atoms with E-state index in [9.17, 15) is 4.79 Å². The highest BCUT2D eigenvalue weighted by Crippen LogP contribution is 2.17. The van der Waals surface area contributed by atoms with Gasteiger partial charge in [-0.15, -0.1) is 18.0 Å². The van der Waals surface area contributed by atoms with E-state index in [2.05, 4.69) is 5.92 Å². The molecule has 2 nitrogen and oxygen atoms in total. The monoisotopic (exact) mass is 255 g/mol. The molecule has 0 aliphatic rings. The zero-order valence-corrected chi connectivity index (χ0v) is 10.1. The van der Waals surface area contributed by atoms with Crippen molar-refractivity contribution in [3.63, 3.8) is 0 Å². The molecule has 16 heavy (non-hydrogen) atoms. The third kappa shape index (κ3) is 3.44. The Bertz CT molecular complexity index is 412. The summed E-state index contributed by atoms with van der Waals surface area (Å²) in [7, 11) is 0. The highest BCUT2D eigenvalue weighted by Gasteiger charge is 2.12. The molecule has 0 aromatic heterocycles. The van der Waals surface area contributed by atoms with Crippen LogP contribution in [0.2, 0.25) is 5.02 Å². The standard InChI is InChI=1S/C12H11Cl2NO/c1-2-7-15(12(16)8-13)9-10-5-3-4-6-11(10)14/h1,3-6H,7-9H2. The summed E-state index contributed by atoms with van der Waals surface area (Å²) in [6.07, 6.45) is 5.19. The smallest absolute Gasteiger partial charge is 0.238 e. The van der Waals surface area contributed by atoms with Crippen LogP contribution in [0.4, 0.5) is 0 Å². The number of hydrogen-bond donors (Lipinski definition) is 0. The normalized spacial score (nSPS) is 9.56. The van der Waals surface area contributed by atoms with Crippen LogP contribution in [-0.4, -0.2) is 23.2 Å². The van der Waals surface area contributed by atoms with E-state index in [1.54, 1.807) is 6.07 Å². The SMILES string of the molecule is C#CCN(Cc1ccccc1Cl)C(=O)CCl. The van der Waals surface area contributed by atoms with Crippen LogP contribution in [0, 0.1) is 12.3 Å². The van der Waals surface area contributed by atoms with Gasteiger partial charge in [-0.2, -0.15) is 0 Å². The number of alkyl halides is 1. The molecule has 0 aliphatic heterocycles. The molecule has 0 spiro atoms. The number of halogens is 2. The molecule has 0 heterocycles. The molecule has 4 heteroatoms. The van der Waals surface area contributed by atoms with Gasteiger partial charge in [0.2, 0.25) is 5.91 Å². The van der Waals surface area contributed by atoms with Gasteiger partial charge in [0.1, 0.15) is 5.88 Å². The summed E-state index contributed by atoms with van der Waals surface area (Å²) in [5.74, 6) is 2.15. The van der Waals surface area contributed by atoms with E-state index in [1.165, 1.54) is 4.90 Å². The van der Waals surface area contributed by atoms with Crippen LogP contribution >= 0.6 is 23.2 Å². The van der Waals surface area contributed by atoms with Crippen molar-refractivity contribution in [1.82, 2.24) is 4.90 Å². The zero-order chi connectivity index (χ0) is 12.0. The Balaban J connectivity index is 2.80. The minimum atomic E-state index is -0.195. The van der Waals surface area contributed by atoms with Crippen LogP contribution in [-0.2, 0) is 11.3 Å². The van der Waals surface area contributed by atoms with Crippen molar-refractivity contribution in [3.05, 3.63) is 34.9 Å². The van der Waals surface area contributed by atoms with E-state index in [4.69, 9.17) is 29.6 Å². The highest BCUT2D eigenvalue weighted by atomic mass is 35.5. The quantitative estimate of drug-likeness (QED) is 0.598. The van der Waals surface area contributed by atoms with Crippen LogP contribution in [0.25, 0.3) is 0 Å². The summed E-state index contributed by atoms with van der Waals surface area (Å²) in [6, 6.07) is 7.32. The Kier molecular flexibility index (Phi) is 5.18. The summed E-state index contributed by atoms with van der Waals surface area (Å²) in [5.41, 5.74) is 0.859. The van der Waals surface area contributed by atoms with Gasteiger partial charge in [0, 0.05) is 11.6 Å². The first-order valence-corrected chi connectivity index (χ1v) is 5.61. The molecule has 84 valence electrons. The molecule has 0 unspecified atom stereocenters. The Morgan fingerprint density at radius 2 is 2.12 bits per heavy atom. The Morgan fingerprint density at radius 1 is 1.44 bits per heavy atom. The van der Waals surface area contributed by atoms with Crippen LogP contribution < -0.4 is 0 Å². The molecule has 1 aromatic rings. The molecule has 0 saturated heterocycles. The molecule has 0 aliphatic carbocycles. The first-order chi connectivity index (χ1) is 7.69. The first-order valence-electron chi connectivity index (χ1n) is 4.69. The third-order valence-corrected chi connectivity index (χ3v) is 2.67. The molecule has 0 atom stereocenters. The minimum Gasteiger partial charge on any atom is -0.326 e. The van der Waals surface area contributed by atoms with Gasteiger partial charge in [-0.05, 0) is 11.6 Å². The largest absolute Gasteiger partial charge is 0.326 e. The lowest BCUT2D eigenvalue weighted by atomic mass is 10.2. The molecule has 0 bridgehead atoms. The molecule has 1 aromatic carbocycles. The van der Waals surface area contributed by atoms with E-state index in [0.29, 0.717) is 11.6 Å². The van der Waals surface area contributed by atoms with Gasteiger partial charge < -0.3 is 4.90 Å². The summed E-state index contributed by atoms with van der Waals surface area (Å²) in [6.45, 7) is 0.617. The van der Waals surface area contributed by atoms with E-state index >= 15 is 0 Å². The lowest BCUT2D eigenvalue weighted by molar-refractivity contribution is -0.128. The maximum absolute atomic E-state index is 11.5. The van der Waals surface area contributed by atoms with Gasteiger partial charge in [0.25, 0.3) is 0 Å². The van der Waals surface area contributed by atoms with Gasteiger partial charge in [-0.25, -0.2) is 0 Å². The number of benzene rings is 1. The molecule has 1 amide bonds. The van der Waals surface area contributed by atoms with Crippen molar-refractivity contribution >= 4 is 29.1 Å². The van der Waals surface area contributed by atoms with Gasteiger partial charge in [-0.3, -0.25) is 4.79 Å². The van der Waals surface area contributed by atoms with Crippen LogP contribution in [0.5, 0.6) is 0 Å². The second-order valence-electron chi connectivity index (χ2n) is 3.18. The lowest BCUT2D eigenvalue weighted by Crippen LogP contribution is -2.31. The summed E-state index contributed by atoms with van der Waals surface area (Å²) in [4.78, 5) is 13.0. The maximum atomic E-state index is 11.5. The second kappa shape index (κ2) is 6.42. The van der Waals surface area contributed by atoms with Crippen molar-refractivity contribution in [2.24, 2.45) is 0 Å². The Hall–Kier alpha value is -1.17. The molecular weight excluding hydrogens is 245 g/mol. The van der Waals surface area contributed by atoms with Crippen molar-refractivity contribution < 1.29 is 4.79 Å². The van der Waals surface area contributed by atoms with Gasteiger partial charge in [-0.1, -0.05) is 35.7 Å². The van der Waals surface area contributed by atoms with Crippen LogP contribution in [0.15, 0.2) is 24.3 Å². The van der Waals surface area contributed by atoms with Crippen molar-refractivity contribution in [3.8, 4) is 12.3 Å². The number of hydrogen-bond acceptors (Lipinski definition) is 1. The van der Waals surface area contributed by atoms with Gasteiger partial charge in [0.15, 0.2) is 0 Å². The molecule has 0 N–H and O–H groups in total. The Morgan fingerprint density at radius 3 is 2.69 bits per heavy atom. The van der Waals surface area contributed by atoms with Crippen molar-refractivity contribution in [2.75, 3.05) is 12.4 Å². The predicted octanol–water partition coefficient (Wildman–Crippen LogP) is 2.54. The number of rotatable bonds is 4. The summed E-state index contributed by atoms with van der Waals surface area (Å²) >= 11 is 11.5. The lowest BCUT2D eigenvalue weighted by Gasteiger charge is -2.19. The average molecular weight is 256 g/mol. The van der Waals surface area contributed by atoms with E-state index in [-0.39, 0.29) is 18.3 Å². The zero-order valence-electron chi connectivity index (χ0n) is 8.62. The fraction of sp³-hybridized carbons (Fsp3) is 0.250. The molecular formula is C12H11Cl2NO. The maximum Gasteiger partial charge on any atom is 0.238 e. The third-order valence-electron chi connectivity index (χ3n) is 2.07. The summed E-state index contributed by atoms with van der Waals surface area (Å²) < 4.78 is 0. The van der Waals surface area contributed by atoms with Gasteiger partial charge >= 0.3 is 0 Å². The number of nitrogens with zero attached hydrogens (tertiary/aromatic N) is 1. The van der Waals surface area contributed by atoms with Crippen molar-refractivity contribution in [2.45, 2.75) is 6.54 Å². The number of carbonyl (C=O) groups is 1. The molecule has 0 fully saturated rings. The molecule has 0 saturated carbocycles. The fourth-order valence-corrected chi connectivity index (χ4v) is 1.62. The minimum absolute atomic E-state index is 0.0772. The molecule has 0 radical (unpaired) electrons.